The number of aliphatic carboxylic acids is 2. The number of carboxylic acids is 2. The first-order valence-electron chi connectivity index (χ1n) is 26.9. The number of rotatable bonds is 40. The van der Waals surface area contributed by atoms with Gasteiger partial charge in [-0.25, -0.2) is 4.79 Å². The van der Waals surface area contributed by atoms with Gasteiger partial charge in [-0.3, -0.25) is 62.3 Å². The molecular formula is C51H82N14O20. The van der Waals surface area contributed by atoms with Crippen LogP contribution >= 0.6 is 0 Å². The molecule has 0 heterocycles. The third-order valence-electron chi connectivity index (χ3n) is 12.4. The number of carboxylic acid groups (broad SMARTS) is 2. The minimum atomic E-state index is -2.01. The van der Waals surface area contributed by atoms with E-state index in [2.05, 4.69) is 53.2 Å². The van der Waals surface area contributed by atoms with Gasteiger partial charge in [-0.05, 0) is 75.1 Å². The number of carbonyl (C=O) groups is 14. The molecular weight excluding hydrogens is 1130 g/mol. The first-order valence-corrected chi connectivity index (χ1v) is 26.9. The molecule has 0 aliphatic carbocycles. The van der Waals surface area contributed by atoms with E-state index in [1.54, 1.807) is 13.8 Å². The van der Waals surface area contributed by atoms with Crippen LogP contribution in [0.3, 0.4) is 0 Å². The molecule has 11 atom stereocenters. The summed E-state index contributed by atoms with van der Waals surface area (Å²) >= 11 is 0. The first-order chi connectivity index (χ1) is 39.7. The smallest absolute Gasteiger partial charge is 0.328 e. The zero-order chi connectivity index (χ0) is 64.8. The monoisotopic (exact) mass is 1210 g/mol. The highest BCUT2D eigenvalue weighted by Gasteiger charge is 2.38. The van der Waals surface area contributed by atoms with Gasteiger partial charge >= 0.3 is 11.9 Å². The Bertz CT molecular complexity index is 2500. The molecule has 1 aromatic rings. The number of hydrogen-bond donors (Lipinski definition) is 20. The number of aliphatic hydroxyl groups is 3. The molecule has 0 bridgehead atoms. The quantitative estimate of drug-likeness (QED) is 0.0271. The summed E-state index contributed by atoms with van der Waals surface area (Å²) in [5.74, 6) is -17.9. The van der Waals surface area contributed by atoms with Gasteiger partial charge in [0, 0.05) is 12.8 Å². The molecule has 0 saturated heterocycles. The zero-order valence-electron chi connectivity index (χ0n) is 47.7. The number of carbonyl (C=O) groups excluding carboxylic acids is 12. The van der Waals surface area contributed by atoms with Crippen LogP contribution in [-0.4, -0.2) is 206 Å². The molecule has 34 heteroatoms. The lowest BCUT2D eigenvalue weighted by atomic mass is 10.00. The minimum absolute atomic E-state index is 0.121. The molecule has 0 aliphatic heterocycles. The number of unbranched alkanes of at least 4 members (excludes halogenated alkanes) is 1. The van der Waals surface area contributed by atoms with Gasteiger partial charge in [0.25, 0.3) is 0 Å². The number of phenolic OH excluding ortho intramolecular Hbond substituents is 1. The summed E-state index contributed by atoms with van der Waals surface area (Å²) in [5.41, 5.74) is 22.2. The van der Waals surface area contributed by atoms with Gasteiger partial charge in [-0.15, -0.1) is 0 Å². The third-order valence-corrected chi connectivity index (χ3v) is 12.4. The second kappa shape index (κ2) is 37.6. The molecule has 0 spiro atoms. The summed E-state index contributed by atoms with van der Waals surface area (Å²) < 4.78 is 0. The van der Waals surface area contributed by atoms with Crippen molar-refractivity contribution in [2.75, 3.05) is 26.3 Å². The topological polar surface area (TPSA) is 585 Å². The zero-order valence-corrected chi connectivity index (χ0v) is 47.7. The average Bonchev–Trinajstić information content (AvgIpc) is 3.60. The van der Waals surface area contributed by atoms with Crippen LogP contribution in [0.15, 0.2) is 24.3 Å². The normalized spacial score (nSPS) is 15.0. The standard InChI is InChI=1S/C51H82N14O20/c1-23(2)16-31(59-46(79)34(19-39(73)74)61-44(77)30(13-14-36(54)70)57-38(72)20-56-42(75)28(53)21-66)47(80)65-41(25(5)68)50(83)62-33(18-37(55)71)45(78)58-29(8-6-7-15-52)43(76)60-32(17-26-9-11-27(69)12-10-26)48(81)64-40(24(3)4)49(82)63-35(22-67)51(84)85/h9-12,23-25,28-35,40-41,66-69H,6-8,13-22,52-53H2,1-5H3,(H2,54,70)(H2,55,71)(H,56,75)(H,57,72)(H,58,78)(H,59,79)(H,60,76)(H,61,77)(H,62,83)(H,63,82)(H,64,81)(H,65,80)(H,73,74)(H,84,85)/t25-,28+,29+,30+,31+,32+,33+,34+,35+,40+,41+/m1/s1. The van der Waals surface area contributed by atoms with Crippen LogP contribution < -0.4 is 76.1 Å². The number of aromatic hydroxyl groups is 1. The number of amides is 12. The molecule has 1 rings (SSSR count). The molecule has 0 fully saturated rings. The van der Waals surface area contributed by atoms with Crippen molar-refractivity contribution in [2.45, 2.75) is 159 Å². The van der Waals surface area contributed by atoms with Gasteiger partial charge in [-0.2, -0.15) is 0 Å². The number of nitrogens with one attached hydrogen (secondary N) is 10. The molecule has 476 valence electrons. The fourth-order valence-corrected chi connectivity index (χ4v) is 7.76. The van der Waals surface area contributed by atoms with Crippen molar-refractivity contribution in [3.8, 4) is 5.75 Å². The predicted octanol–water partition coefficient (Wildman–Crippen LogP) is -8.36. The van der Waals surface area contributed by atoms with Crippen molar-refractivity contribution in [2.24, 2.45) is 34.8 Å². The van der Waals surface area contributed by atoms with E-state index in [1.807, 2.05) is 0 Å². The van der Waals surface area contributed by atoms with E-state index in [-0.39, 0.29) is 38.0 Å². The van der Waals surface area contributed by atoms with Crippen LogP contribution in [0.2, 0.25) is 0 Å². The van der Waals surface area contributed by atoms with E-state index in [9.17, 15) is 92.7 Å². The summed E-state index contributed by atoms with van der Waals surface area (Å²) in [5, 5.41) is 81.1. The molecule has 24 N–H and O–H groups in total. The summed E-state index contributed by atoms with van der Waals surface area (Å²) in [4.78, 5) is 183. The maximum atomic E-state index is 14.2. The van der Waals surface area contributed by atoms with Crippen molar-refractivity contribution < 1.29 is 97.8 Å². The molecule has 0 saturated carbocycles. The molecule has 0 aliphatic rings. The Balaban J connectivity index is 3.57. The van der Waals surface area contributed by atoms with E-state index in [0.29, 0.717) is 12.0 Å². The maximum Gasteiger partial charge on any atom is 0.328 e. The van der Waals surface area contributed by atoms with Crippen LogP contribution in [0.1, 0.15) is 91.5 Å². The molecule has 1 aromatic carbocycles. The van der Waals surface area contributed by atoms with Crippen molar-refractivity contribution in [1.29, 1.82) is 0 Å². The minimum Gasteiger partial charge on any atom is -0.508 e. The van der Waals surface area contributed by atoms with E-state index in [1.165, 1.54) is 38.1 Å². The molecule has 0 aromatic heterocycles. The lowest BCUT2D eigenvalue weighted by Crippen LogP contribution is -2.62. The van der Waals surface area contributed by atoms with Crippen molar-refractivity contribution in [3.63, 3.8) is 0 Å². The second-order valence-electron chi connectivity index (χ2n) is 20.5. The molecule has 0 unspecified atom stereocenters. The van der Waals surface area contributed by atoms with Gasteiger partial charge in [0.2, 0.25) is 70.9 Å². The van der Waals surface area contributed by atoms with Crippen molar-refractivity contribution in [1.82, 2.24) is 53.2 Å². The van der Waals surface area contributed by atoms with Crippen LogP contribution in [-0.2, 0) is 73.5 Å². The van der Waals surface area contributed by atoms with Crippen LogP contribution in [0.25, 0.3) is 0 Å². The number of phenols is 1. The number of benzene rings is 1. The summed E-state index contributed by atoms with van der Waals surface area (Å²) in [6.45, 7) is 4.83. The van der Waals surface area contributed by atoms with Crippen LogP contribution in [0.4, 0.5) is 0 Å². The van der Waals surface area contributed by atoms with Crippen LogP contribution in [0, 0.1) is 11.8 Å². The molecule has 34 nitrogen and oxygen atoms in total. The maximum absolute atomic E-state index is 14.2. The Labute approximate surface area is 488 Å². The summed E-state index contributed by atoms with van der Waals surface area (Å²) in [6, 6.07) is -11.6. The Morgan fingerprint density at radius 3 is 1.48 bits per heavy atom. The highest BCUT2D eigenvalue weighted by atomic mass is 16.4. The predicted molar refractivity (Wildman–Crippen MR) is 295 cm³/mol. The van der Waals surface area contributed by atoms with Gasteiger partial charge in [0.05, 0.1) is 38.7 Å². The Morgan fingerprint density at radius 1 is 0.518 bits per heavy atom. The van der Waals surface area contributed by atoms with Gasteiger partial charge < -0.3 is 107 Å². The van der Waals surface area contributed by atoms with E-state index in [4.69, 9.17) is 28.0 Å². The highest BCUT2D eigenvalue weighted by Crippen LogP contribution is 2.14. The lowest BCUT2D eigenvalue weighted by molar-refractivity contribution is -0.143. The van der Waals surface area contributed by atoms with Crippen LogP contribution in [0.5, 0.6) is 5.75 Å². The molecule has 85 heavy (non-hydrogen) atoms. The Morgan fingerprint density at radius 2 is 0.988 bits per heavy atom. The van der Waals surface area contributed by atoms with Gasteiger partial charge in [-0.1, -0.05) is 39.8 Å². The molecule has 12 amide bonds. The Kier molecular flexibility index (Phi) is 32.9. The number of hydrogen-bond acceptors (Lipinski definition) is 20. The number of primary amides is 2. The third kappa shape index (κ3) is 28.0. The largest absolute Gasteiger partial charge is 0.508 e. The van der Waals surface area contributed by atoms with Crippen molar-refractivity contribution in [3.05, 3.63) is 29.8 Å². The summed E-state index contributed by atoms with van der Waals surface area (Å²) in [7, 11) is 0. The Hall–Kier alpha value is -8.60. The highest BCUT2D eigenvalue weighted by molar-refractivity contribution is 6.00. The first kappa shape index (κ1) is 74.4. The molecule has 0 radical (unpaired) electrons. The number of nitrogens with two attached hydrogens (primary N) is 4. The van der Waals surface area contributed by atoms with E-state index >= 15 is 0 Å². The average molecular weight is 1210 g/mol. The van der Waals surface area contributed by atoms with Gasteiger partial charge in [0.15, 0.2) is 0 Å². The second-order valence-corrected chi connectivity index (χ2v) is 20.5. The fourth-order valence-electron chi connectivity index (χ4n) is 7.76. The van der Waals surface area contributed by atoms with E-state index < -0.39 is 207 Å². The lowest BCUT2D eigenvalue weighted by Gasteiger charge is -2.29. The van der Waals surface area contributed by atoms with Crippen molar-refractivity contribution >= 4 is 82.8 Å². The van der Waals surface area contributed by atoms with Gasteiger partial charge in [0.1, 0.15) is 66.2 Å². The van der Waals surface area contributed by atoms with E-state index in [0.717, 1.165) is 6.92 Å². The SMILES string of the molecule is CC(C)C[C@H](NC(=O)[C@H](CC(=O)O)NC(=O)[C@H](CCC(N)=O)NC(=O)CNC(=O)[C@@H](N)CO)C(=O)N[C@H](C(=O)N[C@@H](CC(N)=O)C(=O)N[C@@H](CCCCN)C(=O)N[C@@H](Cc1ccc(O)cc1)C(=O)N[C@H](C(=O)N[C@@H](CO)C(=O)O)C(C)C)[C@@H](C)O. The number of aliphatic hydroxyl groups excluding tert-OH is 3. The summed E-state index contributed by atoms with van der Waals surface area (Å²) in [6.07, 6.45) is -5.18. The fraction of sp³-hybridized carbons (Fsp3) is 0.608.